The van der Waals surface area contributed by atoms with Crippen LogP contribution in [0.2, 0.25) is 0 Å². The van der Waals surface area contributed by atoms with Crippen LogP contribution in [0, 0.1) is 5.92 Å². The quantitative estimate of drug-likeness (QED) is 0.511. The highest BCUT2D eigenvalue weighted by molar-refractivity contribution is 5.89. The maximum atomic E-state index is 12.5. The molecule has 33 heavy (non-hydrogen) atoms. The molecule has 0 saturated carbocycles. The number of amides is 2. The van der Waals surface area contributed by atoms with Crippen molar-refractivity contribution in [1.29, 1.82) is 0 Å². The molecule has 2 unspecified atom stereocenters. The first-order valence-electron chi connectivity index (χ1n) is 11.0. The zero-order chi connectivity index (χ0) is 24.0. The van der Waals surface area contributed by atoms with E-state index in [1.54, 1.807) is 0 Å². The van der Waals surface area contributed by atoms with Crippen molar-refractivity contribution in [3.05, 3.63) is 59.7 Å². The smallest absolute Gasteiger partial charge is 0.407 e. The molecule has 0 saturated heterocycles. The zero-order valence-corrected chi connectivity index (χ0v) is 19.2. The first kappa shape index (κ1) is 24.3. The van der Waals surface area contributed by atoms with Crippen LogP contribution in [0.4, 0.5) is 4.79 Å². The van der Waals surface area contributed by atoms with Crippen LogP contribution >= 0.6 is 0 Å². The molecule has 8 heteroatoms. The Balaban J connectivity index is 1.60. The third-order valence-corrected chi connectivity index (χ3v) is 5.63. The van der Waals surface area contributed by atoms with Crippen LogP contribution in [-0.2, 0) is 14.3 Å². The van der Waals surface area contributed by atoms with E-state index in [1.165, 1.54) is 0 Å². The number of benzene rings is 2. The van der Waals surface area contributed by atoms with E-state index in [1.807, 2.05) is 74.4 Å². The highest BCUT2D eigenvalue weighted by atomic mass is 16.5. The number of nitrogens with zero attached hydrogens (tertiary/aromatic N) is 1. The van der Waals surface area contributed by atoms with Gasteiger partial charge in [-0.05, 0) is 42.3 Å². The molecule has 176 valence electrons. The predicted molar refractivity (Wildman–Crippen MR) is 125 cm³/mol. The number of nitrogens with one attached hydrogen (secondary N) is 2. The number of rotatable bonds is 10. The summed E-state index contributed by atoms with van der Waals surface area (Å²) in [7, 11) is 3.87. The summed E-state index contributed by atoms with van der Waals surface area (Å²) in [6, 6.07) is 14.7. The van der Waals surface area contributed by atoms with Crippen molar-refractivity contribution in [1.82, 2.24) is 15.5 Å². The minimum atomic E-state index is -1.22. The Morgan fingerprint density at radius 2 is 1.61 bits per heavy atom. The molecule has 0 radical (unpaired) electrons. The second-order valence-electron chi connectivity index (χ2n) is 8.73. The van der Waals surface area contributed by atoms with Gasteiger partial charge in [0.2, 0.25) is 5.91 Å². The Hall–Kier alpha value is -3.39. The highest BCUT2D eigenvalue weighted by Gasteiger charge is 2.30. The molecule has 2 amide bonds. The molecule has 8 nitrogen and oxygen atoms in total. The van der Waals surface area contributed by atoms with Crippen LogP contribution in [0.3, 0.4) is 0 Å². The number of hydrogen-bond donors (Lipinski definition) is 3. The molecule has 2 aromatic rings. The second kappa shape index (κ2) is 11.0. The normalized spacial score (nSPS) is 14.2. The number of carbonyl (C=O) groups excluding carboxylic acids is 2. The van der Waals surface area contributed by atoms with Crippen LogP contribution in [0.5, 0.6) is 0 Å². The number of ether oxygens (including phenoxy) is 1. The standard InChI is InChI=1S/C25H31N3O5/c1-16(14-28(2)3)13-26-24(31)22(12-23(29)30)27-25(32)33-15-21-19-10-6-4-8-17(19)18-9-5-7-11-20(18)21/h4-11,16,21-22H,12-15H2,1-3H3,(H,26,31)(H,27,32)(H,29,30). The molecule has 0 aliphatic heterocycles. The fraction of sp³-hybridized carbons (Fsp3) is 0.400. The second-order valence-corrected chi connectivity index (χ2v) is 8.73. The SMILES string of the molecule is CC(CNC(=O)C(CC(=O)O)NC(=O)OCC1c2ccccc2-c2ccccc21)CN(C)C. The molecule has 1 aliphatic rings. The molecule has 1 aliphatic carbocycles. The number of fused-ring (bicyclic) bond motifs is 3. The summed E-state index contributed by atoms with van der Waals surface area (Å²) in [4.78, 5) is 38.3. The lowest BCUT2D eigenvalue weighted by Crippen LogP contribution is -2.49. The van der Waals surface area contributed by atoms with Crippen molar-refractivity contribution in [2.45, 2.75) is 25.3 Å². The first-order valence-corrected chi connectivity index (χ1v) is 11.0. The number of carboxylic acid groups (broad SMARTS) is 1. The van der Waals surface area contributed by atoms with Crippen molar-refractivity contribution in [2.24, 2.45) is 5.92 Å². The van der Waals surface area contributed by atoms with Gasteiger partial charge in [0, 0.05) is 19.0 Å². The minimum Gasteiger partial charge on any atom is -0.481 e. The molecule has 3 N–H and O–H groups in total. The van der Waals surface area contributed by atoms with Gasteiger partial charge < -0.3 is 25.4 Å². The summed E-state index contributed by atoms with van der Waals surface area (Å²) < 4.78 is 5.45. The van der Waals surface area contributed by atoms with E-state index >= 15 is 0 Å². The van der Waals surface area contributed by atoms with Crippen molar-refractivity contribution in [3.63, 3.8) is 0 Å². The van der Waals surface area contributed by atoms with E-state index in [-0.39, 0.29) is 18.4 Å². The van der Waals surface area contributed by atoms with Gasteiger partial charge in [0.05, 0.1) is 6.42 Å². The lowest BCUT2D eigenvalue weighted by molar-refractivity contribution is -0.139. The lowest BCUT2D eigenvalue weighted by atomic mass is 9.98. The summed E-state index contributed by atoms with van der Waals surface area (Å²) in [5.41, 5.74) is 4.36. The van der Waals surface area contributed by atoms with Crippen molar-refractivity contribution >= 4 is 18.0 Å². The molecule has 2 aromatic carbocycles. The molecule has 2 atom stereocenters. The monoisotopic (exact) mass is 453 g/mol. The van der Waals surface area contributed by atoms with Crippen LogP contribution < -0.4 is 10.6 Å². The van der Waals surface area contributed by atoms with Gasteiger partial charge in [-0.15, -0.1) is 0 Å². The maximum absolute atomic E-state index is 12.5. The average Bonchev–Trinajstić information content (AvgIpc) is 3.08. The molecule has 3 rings (SSSR count). The number of carbonyl (C=O) groups is 3. The maximum Gasteiger partial charge on any atom is 0.407 e. The van der Waals surface area contributed by atoms with E-state index in [4.69, 9.17) is 4.74 Å². The van der Waals surface area contributed by atoms with Gasteiger partial charge in [-0.2, -0.15) is 0 Å². The summed E-state index contributed by atoms with van der Waals surface area (Å²) in [6.45, 7) is 3.20. The first-order chi connectivity index (χ1) is 15.8. The van der Waals surface area contributed by atoms with Crippen LogP contribution in [0.1, 0.15) is 30.4 Å². The molecule has 0 aromatic heterocycles. The third kappa shape index (κ3) is 6.32. The van der Waals surface area contributed by atoms with Gasteiger partial charge in [0.1, 0.15) is 12.6 Å². The zero-order valence-electron chi connectivity index (χ0n) is 19.2. The van der Waals surface area contributed by atoms with E-state index in [2.05, 4.69) is 10.6 Å². The summed E-state index contributed by atoms with van der Waals surface area (Å²) in [6.07, 6.45) is -1.35. The largest absolute Gasteiger partial charge is 0.481 e. The third-order valence-electron chi connectivity index (χ3n) is 5.63. The number of carboxylic acids is 1. The lowest BCUT2D eigenvalue weighted by Gasteiger charge is -2.21. The number of alkyl carbamates (subject to hydrolysis) is 1. The molecule has 0 spiro atoms. The van der Waals surface area contributed by atoms with E-state index < -0.39 is 30.4 Å². The van der Waals surface area contributed by atoms with Crippen molar-refractivity contribution in [2.75, 3.05) is 33.8 Å². The van der Waals surface area contributed by atoms with Gasteiger partial charge in [-0.1, -0.05) is 55.5 Å². The van der Waals surface area contributed by atoms with Gasteiger partial charge in [-0.3, -0.25) is 9.59 Å². The van der Waals surface area contributed by atoms with Gasteiger partial charge in [0.25, 0.3) is 0 Å². The Bertz CT molecular complexity index is 962. The van der Waals surface area contributed by atoms with E-state index in [9.17, 15) is 19.5 Å². The Kier molecular flexibility index (Phi) is 8.06. The Morgan fingerprint density at radius 3 is 2.15 bits per heavy atom. The Morgan fingerprint density at radius 1 is 1.03 bits per heavy atom. The number of aliphatic carboxylic acids is 1. The highest BCUT2D eigenvalue weighted by Crippen LogP contribution is 2.44. The van der Waals surface area contributed by atoms with Crippen LogP contribution in [0.15, 0.2) is 48.5 Å². The average molecular weight is 454 g/mol. The van der Waals surface area contributed by atoms with Gasteiger partial charge >= 0.3 is 12.1 Å². The number of hydrogen-bond acceptors (Lipinski definition) is 5. The molecule has 0 fully saturated rings. The van der Waals surface area contributed by atoms with Crippen LogP contribution in [0.25, 0.3) is 11.1 Å². The van der Waals surface area contributed by atoms with Gasteiger partial charge in [0.15, 0.2) is 0 Å². The summed E-state index contributed by atoms with van der Waals surface area (Å²) >= 11 is 0. The molecule has 0 heterocycles. The van der Waals surface area contributed by atoms with E-state index in [0.717, 1.165) is 28.8 Å². The fourth-order valence-electron chi connectivity index (χ4n) is 4.25. The summed E-state index contributed by atoms with van der Waals surface area (Å²) in [5, 5.41) is 14.3. The summed E-state index contributed by atoms with van der Waals surface area (Å²) in [5.74, 6) is -1.68. The van der Waals surface area contributed by atoms with E-state index in [0.29, 0.717) is 6.54 Å². The molecular formula is C25H31N3O5. The molecule has 0 bridgehead atoms. The topological polar surface area (TPSA) is 108 Å². The minimum absolute atomic E-state index is 0.0845. The molecular weight excluding hydrogens is 422 g/mol. The van der Waals surface area contributed by atoms with Crippen LogP contribution in [-0.4, -0.2) is 67.8 Å². The van der Waals surface area contributed by atoms with Gasteiger partial charge in [-0.25, -0.2) is 4.79 Å². The van der Waals surface area contributed by atoms with Crippen molar-refractivity contribution < 1.29 is 24.2 Å². The fourth-order valence-corrected chi connectivity index (χ4v) is 4.25. The van der Waals surface area contributed by atoms with Crippen molar-refractivity contribution in [3.8, 4) is 11.1 Å². The predicted octanol–water partition coefficient (Wildman–Crippen LogP) is 2.68. The Labute approximate surface area is 193 Å².